The molecule has 0 atom stereocenters. The summed E-state index contributed by atoms with van der Waals surface area (Å²) in [5, 5.41) is 12.7. The molecule has 2 rings (SSSR count). The summed E-state index contributed by atoms with van der Waals surface area (Å²) in [7, 11) is 0. The second kappa shape index (κ2) is 5.42. The third-order valence-electron chi connectivity index (χ3n) is 3.24. The van der Waals surface area contributed by atoms with Gasteiger partial charge < -0.3 is 5.73 Å². The van der Waals surface area contributed by atoms with Gasteiger partial charge in [-0.1, -0.05) is 26.0 Å². The summed E-state index contributed by atoms with van der Waals surface area (Å²) in [5.41, 5.74) is 9.12. The molecule has 0 saturated carbocycles. The molecular formula is C13H22N6. The molecule has 104 valence electrons. The molecule has 0 radical (unpaired) electrons. The number of hydrogen-bond acceptors (Lipinski definition) is 4. The Kier molecular flexibility index (Phi) is 3.87. The minimum Gasteiger partial charge on any atom is -0.381 e. The molecule has 0 saturated heterocycles. The quantitative estimate of drug-likeness (QED) is 0.891. The highest BCUT2D eigenvalue weighted by atomic mass is 15.5. The van der Waals surface area contributed by atoms with Crippen molar-refractivity contribution in [1.82, 2.24) is 24.8 Å². The lowest BCUT2D eigenvalue weighted by atomic mass is 10.1. The van der Waals surface area contributed by atoms with Gasteiger partial charge in [-0.2, -0.15) is 5.10 Å². The van der Waals surface area contributed by atoms with Gasteiger partial charge in [0.05, 0.1) is 23.6 Å². The Labute approximate surface area is 113 Å². The van der Waals surface area contributed by atoms with Crippen molar-refractivity contribution in [3.05, 3.63) is 23.1 Å². The fourth-order valence-electron chi connectivity index (χ4n) is 2.29. The van der Waals surface area contributed by atoms with Crippen molar-refractivity contribution in [3.8, 4) is 0 Å². The molecule has 2 aromatic rings. The van der Waals surface area contributed by atoms with Crippen LogP contribution < -0.4 is 5.73 Å². The SMILES string of the molecule is CCc1cc(Cn2nnc(N)c2C(C)C)n(CC)n1. The number of rotatable bonds is 5. The normalized spacial score (nSPS) is 11.4. The van der Waals surface area contributed by atoms with E-state index in [-0.39, 0.29) is 0 Å². The lowest BCUT2D eigenvalue weighted by Gasteiger charge is -2.10. The zero-order valence-corrected chi connectivity index (χ0v) is 12.1. The van der Waals surface area contributed by atoms with E-state index in [1.807, 2.05) is 9.36 Å². The highest BCUT2D eigenvalue weighted by molar-refractivity contribution is 5.35. The molecule has 2 N–H and O–H groups in total. The van der Waals surface area contributed by atoms with Crippen molar-refractivity contribution >= 4 is 5.82 Å². The number of nitrogens with two attached hydrogens (primary N) is 1. The molecule has 0 spiro atoms. The first kappa shape index (κ1) is 13.6. The molecule has 0 aliphatic rings. The molecule has 2 aromatic heterocycles. The Morgan fingerprint density at radius 2 is 2.00 bits per heavy atom. The summed E-state index contributed by atoms with van der Waals surface area (Å²) in [6.45, 7) is 9.92. The van der Waals surface area contributed by atoms with Crippen molar-refractivity contribution in [1.29, 1.82) is 0 Å². The monoisotopic (exact) mass is 262 g/mol. The minimum atomic E-state index is 0.304. The molecule has 0 amide bonds. The van der Waals surface area contributed by atoms with E-state index in [9.17, 15) is 0 Å². The van der Waals surface area contributed by atoms with Crippen molar-refractivity contribution in [2.75, 3.05) is 5.73 Å². The fraction of sp³-hybridized carbons (Fsp3) is 0.615. The van der Waals surface area contributed by atoms with Gasteiger partial charge in [0.2, 0.25) is 0 Å². The van der Waals surface area contributed by atoms with Gasteiger partial charge in [-0.25, -0.2) is 4.68 Å². The summed E-state index contributed by atoms with van der Waals surface area (Å²) in [6.07, 6.45) is 0.941. The number of aryl methyl sites for hydroxylation is 2. The molecule has 19 heavy (non-hydrogen) atoms. The van der Waals surface area contributed by atoms with Crippen LogP contribution in [0, 0.1) is 0 Å². The average molecular weight is 262 g/mol. The van der Waals surface area contributed by atoms with Crippen molar-refractivity contribution < 1.29 is 0 Å². The summed E-state index contributed by atoms with van der Waals surface area (Å²) in [4.78, 5) is 0. The van der Waals surface area contributed by atoms with Gasteiger partial charge >= 0.3 is 0 Å². The first-order valence-electron chi connectivity index (χ1n) is 6.81. The van der Waals surface area contributed by atoms with Crippen LogP contribution in [0.25, 0.3) is 0 Å². The van der Waals surface area contributed by atoms with Crippen LogP contribution >= 0.6 is 0 Å². The van der Waals surface area contributed by atoms with Gasteiger partial charge in [-0.15, -0.1) is 5.10 Å². The van der Waals surface area contributed by atoms with Crippen molar-refractivity contribution in [2.45, 2.75) is 53.1 Å². The minimum absolute atomic E-state index is 0.304. The molecule has 2 heterocycles. The van der Waals surface area contributed by atoms with Crippen LogP contribution in [-0.2, 0) is 19.5 Å². The summed E-state index contributed by atoms with van der Waals surface area (Å²) in [5.74, 6) is 0.826. The average Bonchev–Trinajstić information content (AvgIpc) is 2.93. The summed E-state index contributed by atoms with van der Waals surface area (Å²) >= 11 is 0. The van der Waals surface area contributed by atoms with E-state index in [1.165, 1.54) is 0 Å². The van der Waals surface area contributed by atoms with E-state index in [0.29, 0.717) is 18.3 Å². The molecule has 0 unspecified atom stereocenters. The van der Waals surface area contributed by atoms with E-state index >= 15 is 0 Å². The van der Waals surface area contributed by atoms with Crippen LogP contribution in [0.15, 0.2) is 6.07 Å². The largest absolute Gasteiger partial charge is 0.381 e. The lowest BCUT2D eigenvalue weighted by molar-refractivity contribution is 0.543. The number of aromatic nitrogens is 5. The summed E-state index contributed by atoms with van der Waals surface area (Å²) in [6, 6.07) is 2.13. The Hall–Kier alpha value is -1.85. The Bertz CT molecular complexity index is 551. The molecule has 6 heteroatoms. The second-order valence-electron chi connectivity index (χ2n) is 4.97. The predicted octanol–water partition coefficient (Wildman–Crippen LogP) is 1.81. The van der Waals surface area contributed by atoms with Crippen LogP contribution in [-0.4, -0.2) is 24.8 Å². The van der Waals surface area contributed by atoms with Crippen LogP contribution in [0.5, 0.6) is 0 Å². The third kappa shape index (κ3) is 2.62. The van der Waals surface area contributed by atoms with E-state index in [2.05, 4.69) is 49.2 Å². The zero-order chi connectivity index (χ0) is 14.0. The molecule has 0 aromatic carbocycles. The van der Waals surface area contributed by atoms with Crippen LogP contribution in [0.2, 0.25) is 0 Å². The lowest BCUT2D eigenvalue weighted by Crippen LogP contribution is -2.12. The highest BCUT2D eigenvalue weighted by Crippen LogP contribution is 2.20. The van der Waals surface area contributed by atoms with Crippen molar-refractivity contribution in [2.24, 2.45) is 0 Å². The topological polar surface area (TPSA) is 74.6 Å². The molecule has 6 nitrogen and oxygen atoms in total. The van der Waals surface area contributed by atoms with Gasteiger partial charge in [0.25, 0.3) is 0 Å². The molecule has 0 aliphatic carbocycles. The number of nitrogen functional groups attached to an aromatic ring is 1. The molecule has 0 aliphatic heterocycles. The van der Waals surface area contributed by atoms with E-state index in [1.54, 1.807) is 0 Å². The maximum Gasteiger partial charge on any atom is 0.169 e. The zero-order valence-electron chi connectivity index (χ0n) is 12.1. The summed E-state index contributed by atoms with van der Waals surface area (Å²) < 4.78 is 3.89. The van der Waals surface area contributed by atoms with Gasteiger partial charge in [0.15, 0.2) is 5.82 Å². The van der Waals surface area contributed by atoms with Gasteiger partial charge in [-0.05, 0) is 25.3 Å². The first-order valence-corrected chi connectivity index (χ1v) is 6.81. The van der Waals surface area contributed by atoms with E-state index in [0.717, 1.165) is 30.0 Å². The standard InChI is InChI=1S/C13H22N6/c1-5-10-7-11(18(6-2)16-10)8-19-12(9(3)4)13(14)15-17-19/h7,9H,5-6,8,14H2,1-4H3. The maximum atomic E-state index is 5.88. The number of anilines is 1. The van der Waals surface area contributed by atoms with Crippen LogP contribution in [0.4, 0.5) is 5.82 Å². The predicted molar refractivity (Wildman–Crippen MR) is 74.9 cm³/mol. The van der Waals surface area contributed by atoms with Crippen LogP contribution in [0.1, 0.15) is 50.7 Å². The van der Waals surface area contributed by atoms with Gasteiger partial charge in [0, 0.05) is 6.54 Å². The number of nitrogens with zero attached hydrogens (tertiary/aromatic N) is 5. The number of hydrogen-bond donors (Lipinski definition) is 1. The highest BCUT2D eigenvalue weighted by Gasteiger charge is 2.15. The fourth-order valence-corrected chi connectivity index (χ4v) is 2.29. The Morgan fingerprint density at radius 1 is 1.26 bits per heavy atom. The van der Waals surface area contributed by atoms with E-state index in [4.69, 9.17) is 5.73 Å². The van der Waals surface area contributed by atoms with Gasteiger partial charge in [-0.3, -0.25) is 4.68 Å². The first-order chi connectivity index (χ1) is 9.06. The molecular weight excluding hydrogens is 240 g/mol. The van der Waals surface area contributed by atoms with Gasteiger partial charge in [0.1, 0.15) is 0 Å². The third-order valence-corrected chi connectivity index (χ3v) is 3.24. The molecule has 0 bridgehead atoms. The molecule has 0 fully saturated rings. The Morgan fingerprint density at radius 3 is 2.58 bits per heavy atom. The van der Waals surface area contributed by atoms with Crippen molar-refractivity contribution in [3.63, 3.8) is 0 Å². The smallest absolute Gasteiger partial charge is 0.169 e. The van der Waals surface area contributed by atoms with Crippen LogP contribution in [0.3, 0.4) is 0 Å². The maximum absolute atomic E-state index is 5.88. The second-order valence-corrected chi connectivity index (χ2v) is 4.97. The van der Waals surface area contributed by atoms with E-state index < -0.39 is 0 Å². The Balaban J connectivity index is 2.33.